The number of nitrogens with zero attached hydrogens (tertiary/aromatic N) is 3. The van der Waals surface area contributed by atoms with E-state index in [1.54, 1.807) is 6.07 Å². The van der Waals surface area contributed by atoms with E-state index in [-0.39, 0.29) is 30.0 Å². The van der Waals surface area contributed by atoms with Gasteiger partial charge in [0.2, 0.25) is 0 Å². The van der Waals surface area contributed by atoms with Crippen LogP contribution < -0.4 is 0 Å². The van der Waals surface area contributed by atoms with Crippen molar-refractivity contribution in [1.82, 2.24) is 14.8 Å². The second-order valence-corrected chi connectivity index (χ2v) is 12.9. The van der Waals surface area contributed by atoms with Crippen LogP contribution in [0.15, 0.2) is 42.6 Å². The van der Waals surface area contributed by atoms with Crippen LogP contribution in [0.25, 0.3) is 0 Å². The van der Waals surface area contributed by atoms with Gasteiger partial charge in [-0.3, -0.25) is 14.7 Å². The predicted octanol–water partition coefficient (Wildman–Crippen LogP) is 7.04. The van der Waals surface area contributed by atoms with E-state index in [0.717, 1.165) is 11.6 Å². The molecule has 0 radical (unpaired) electrons. The van der Waals surface area contributed by atoms with E-state index in [1.165, 1.54) is 12.1 Å². The molecule has 2 fully saturated rings. The van der Waals surface area contributed by atoms with Crippen LogP contribution >= 0.6 is 0 Å². The molecule has 2 saturated heterocycles. The van der Waals surface area contributed by atoms with Crippen molar-refractivity contribution in [3.63, 3.8) is 0 Å². The maximum absolute atomic E-state index is 14.7. The third kappa shape index (κ3) is 7.83. The molecule has 1 aromatic carbocycles. The van der Waals surface area contributed by atoms with Crippen LogP contribution in [-0.2, 0) is 16.9 Å². The highest BCUT2D eigenvalue weighted by molar-refractivity contribution is 5.74. The third-order valence-electron chi connectivity index (χ3n) is 8.70. The van der Waals surface area contributed by atoms with E-state index in [2.05, 4.69) is 9.88 Å². The molecular formula is C31H39F6N3O2. The van der Waals surface area contributed by atoms with Crippen molar-refractivity contribution in [3.8, 4) is 0 Å². The third-order valence-corrected chi connectivity index (χ3v) is 8.70. The fourth-order valence-electron chi connectivity index (χ4n) is 6.57. The minimum Gasteiger partial charge on any atom is -0.480 e. The second kappa shape index (κ2) is 12.5. The largest absolute Gasteiger partial charge is 0.480 e. The minimum absolute atomic E-state index is 0.0439. The van der Waals surface area contributed by atoms with Crippen molar-refractivity contribution in [2.75, 3.05) is 32.7 Å². The number of piperidine rings is 1. The summed E-state index contributed by atoms with van der Waals surface area (Å²) in [7, 11) is 0. The summed E-state index contributed by atoms with van der Waals surface area (Å²) in [5.74, 6) is -4.46. The van der Waals surface area contributed by atoms with Crippen LogP contribution in [0, 0.1) is 23.1 Å². The first-order valence-electron chi connectivity index (χ1n) is 14.4. The molecule has 2 aliphatic heterocycles. The fraction of sp³-hybridized carbons (Fsp3) is 0.613. The number of benzene rings is 1. The van der Waals surface area contributed by atoms with Gasteiger partial charge in [-0.15, -0.1) is 0 Å². The highest BCUT2D eigenvalue weighted by atomic mass is 19.4. The summed E-state index contributed by atoms with van der Waals surface area (Å²) in [6.07, 6.45) is -3.03. The Morgan fingerprint density at radius 2 is 1.74 bits per heavy atom. The Labute approximate surface area is 242 Å². The molecule has 0 spiro atoms. The first kappa shape index (κ1) is 32.3. The minimum atomic E-state index is -4.63. The fourth-order valence-corrected chi connectivity index (χ4v) is 6.57. The molecule has 232 valence electrons. The van der Waals surface area contributed by atoms with Crippen LogP contribution in [0.5, 0.6) is 0 Å². The molecule has 2 aliphatic rings. The molecule has 42 heavy (non-hydrogen) atoms. The quantitative estimate of drug-likeness (QED) is 0.314. The molecule has 3 atom stereocenters. The first-order valence-corrected chi connectivity index (χ1v) is 14.4. The highest BCUT2D eigenvalue weighted by Crippen LogP contribution is 2.40. The van der Waals surface area contributed by atoms with Crippen molar-refractivity contribution in [2.45, 2.75) is 70.5 Å². The van der Waals surface area contributed by atoms with E-state index in [0.29, 0.717) is 57.8 Å². The number of likely N-dealkylation sites (tertiary alicyclic amines) is 2. The summed E-state index contributed by atoms with van der Waals surface area (Å²) < 4.78 is 81.9. The zero-order chi connectivity index (χ0) is 30.9. The average Bonchev–Trinajstić information content (AvgIpc) is 3.29. The average molecular weight is 600 g/mol. The van der Waals surface area contributed by atoms with Gasteiger partial charge in [-0.1, -0.05) is 32.9 Å². The maximum Gasteiger partial charge on any atom is 0.417 e. The number of hydrogen-bond acceptors (Lipinski definition) is 4. The molecule has 1 N–H and O–H groups in total. The van der Waals surface area contributed by atoms with Gasteiger partial charge in [-0.25, -0.2) is 4.39 Å². The number of carboxylic acid groups (broad SMARTS) is 1. The highest BCUT2D eigenvalue weighted by Gasteiger charge is 2.45. The molecule has 5 nitrogen and oxygen atoms in total. The molecular weight excluding hydrogens is 560 g/mol. The standard InChI is InChI=1S/C31H39F6N3O2/c1-29(2,3)27(28(41)42)40-18-22(25(19-40)21-5-4-6-24(32)15-21)17-39-13-10-20(11-14-39)9-12-30(33,34)26-8-7-23(16-38-26)31(35,36)37/h4-8,15-16,20,22,25,27H,9-14,17-19H2,1-3H3,(H,41,42)/t22-,25+,27-/m0/s1. The molecule has 3 heterocycles. The summed E-state index contributed by atoms with van der Waals surface area (Å²) in [4.78, 5) is 19.9. The van der Waals surface area contributed by atoms with Gasteiger partial charge in [0.1, 0.15) is 17.6 Å². The molecule has 0 unspecified atom stereocenters. The van der Waals surface area contributed by atoms with Crippen LogP contribution in [0.3, 0.4) is 0 Å². The number of pyridine rings is 1. The SMILES string of the molecule is CC(C)(C)[C@H](C(=O)O)N1C[C@H](CN2CCC(CCC(F)(F)c3ccc(C(F)(F)F)cn3)CC2)[C@@H](c2cccc(F)c2)C1. The Hall–Kier alpha value is -2.66. The number of hydrogen-bond donors (Lipinski definition) is 1. The lowest BCUT2D eigenvalue weighted by molar-refractivity contribution is -0.147. The van der Waals surface area contributed by atoms with Gasteiger partial charge >= 0.3 is 12.1 Å². The van der Waals surface area contributed by atoms with E-state index in [9.17, 15) is 36.2 Å². The van der Waals surface area contributed by atoms with Gasteiger partial charge in [0.15, 0.2) is 0 Å². The molecule has 0 saturated carbocycles. The summed E-state index contributed by atoms with van der Waals surface area (Å²) in [5.41, 5.74) is -1.37. The van der Waals surface area contributed by atoms with Crippen molar-refractivity contribution < 1.29 is 36.2 Å². The number of alkyl halides is 5. The Morgan fingerprint density at radius 3 is 2.29 bits per heavy atom. The van der Waals surface area contributed by atoms with Gasteiger partial charge in [-0.05, 0) is 79.4 Å². The van der Waals surface area contributed by atoms with Crippen LogP contribution in [0.2, 0.25) is 0 Å². The zero-order valence-electron chi connectivity index (χ0n) is 24.2. The van der Waals surface area contributed by atoms with Crippen molar-refractivity contribution >= 4 is 5.97 Å². The van der Waals surface area contributed by atoms with Crippen molar-refractivity contribution in [1.29, 1.82) is 0 Å². The van der Waals surface area contributed by atoms with Crippen LogP contribution in [0.4, 0.5) is 26.3 Å². The van der Waals surface area contributed by atoms with Crippen molar-refractivity contribution in [2.24, 2.45) is 17.3 Å². The van der Waals surface area contributed by atoms with Gasteiger partial charge in [-0.2, -0.15) is 22.0 Å². The number of carboxylic acids is 1. The number of halogens is 6. The Balaban J connectivity index is 1.36. The first-order chi connectivity index (χ1) is 19.5. The lowest BCUT2D eigenvalue weighted by Crippen LogP contribution is -2.48. The van der Waals surface area contributed by atoms with Gasteiger partial charge in [0, 0.05) is 38.2 Å². The predicted molar refractivity (Wildman–Crippen MR) is 147 cm³/mol. The Morgan fingerprint density at radius 1 is 1.05 bits per heavy atom. The molecule has 4 rings (SSSR count). The number of aromatic nitrogens is 1. The summed E-state index contributed by atoms with van der Waals surface area (Å²) in [6.45, 7) is 8.85. The molecule has 2 aromatic rings. The second-order valence-electron chi connectivity index (χ2n) is 12.9. The van der Waals surface area contributed by atoms with Crippen molar-refractivity contribution in [3.05, 3.63) is 65.2 Å². The lowest BCUT2D eigenvalue weighted by atomic mass is 9.85. The molecule has 1 aromatic heterocycles. The van der Waals surface area contributed by atoms with E-state index in [4.69, 9.17) is 0 Å². The Bertz CT molecular complexity index is 1210. The lowest BCUT2D eigenvalue weighted by Gasteiger charge is -2.36. The smallest absolute Gasteiger partial charge is 0.417 e. The summed E-state index contributed by atoms with van der Waals surface area (Å²) in [5, 5.41) is 10.0. The Kier molecular flexibility index (Phi) is 9.62. The monoisotopic (exact) mass is 599 g/mol. The number of carbonyl (C=O) groups is 1. The zero-order valence-corrected chi connectivity index (χ0v) is 24.2. The van der Waals surface area contributed by atoms with E-state index < -0.39 is 47.2 Å². The van der Waals surface area contributed by atoms with Gasteiger partial charge < -0.3 is 10.0 Å². The van der Waals surface area contributed by atoms with Crippen LogP contribution in [-0.4, -0.2) is 64.6 Å². The topological polar surface area (TPSA) is 56.7 Å². The molecule has 11 heteroatoms. The van der Waals surface area contributed by atoms with Gasteiger partial charge in [0.05, 0.1) is 5.56 Å². The molecule has 0 aliphatic carbocycles. The number of aliphatic carboxylic acids is 1. The maximum atomic E-state index is 14.7. The normalized spacial score (nSPS) is 22.4. The van der Waals surface area contributed by atoms with Gasteiger partial charge in [0.25, 0.3) is 5.92 Å². The molecule has 0 amide bonds. The summed E-state index contributed by atoms with van der Waals surface area (Å²) >= 11 is 0. The van der Waals surface area contributed by atoms with E-state index in [1.807, 2.05) is 31.7 Å². The molecule has 0 bridgehead atoms. The summed E-state index contributed by atoms with van der Waals surface area (Å²) in [6, 6.07) is 7.16. The number of rotatable bonds is 9. The van der Waals surface area contributed by atoms with Crippen LogP contribution in [0.1, 0.15) is 69.2 Å². The van der Waals surface area contributed by atoms with E-state index >= 15 is 0 Å².